The molecule has 0 radical (unpaired) electrons. The van der Waals surface area contributed by atoms with Crippen LogP contribution in [0, 0.1) is 6.92 Å². The zero-order chi connectivity index (χ0) is 28.8. The van der Waals surface area contributed by atoms with E-state index < -0.39 is 23.6 Å². The largest absolute Gasteiger partial charge is 0.271 e. The van der Waals surface area contributed by atoms with Gasteiger partial charge in [0.25, 0.3) is 23.6 Å². The van der Waals surface area contributed by atoms with Crippen molar-refractivity contribution in [2.45, 2.75) is 26.5 Å². The predicted molar refractivity (Wildman–Crippen MR) is 164 cm³/mol. The number of benzene rings is 4. The number of fused-ring (bicyclic) bond motifs is 4. The Kier molecular flexibility index (Phi) is 9.24. The van der Waals surface area contributed by atoms with Gasteiger partial charge in [-0.05, 0) is 55.0 Å². The van der Waals surface area contributed by atoms with Gasteiger partial charge < -0.3 is 0 Å². The van der Waals surface area contributed by atoms with Gasteiger partial charge in [-0.15, -0.1) is 0 Å². The van der Waals surface area contributed by atoms with Crippen LogP contribution in [0.1, 0.15) is 47.0 Å². The van der Waals surface area contributed by atoms with Crippen molar-refractivity contribution in [2.24, 2.45) is 0 Å². The molecule has 206 valence electrons. The molecule has 41 heavy (non-hydrogen) atoms. The Balaban J connectivity index is 1.51. The van der Waals surface area contributed by atoms with Gasteiger partial charge in [0.15, 0.2) is 0 Å². The molecule has 0 fully saturated rings. The van der Waals surface area contributed by atoms with Crippen molar-refractivity contribution in [3.8, 4) is 0 Å². The highest BCUT2D eigenvalue weighted by molar-refractivity contribution is 8.77. The van der Waals surface area contributed by atoms with Crippen molar-refractivity contribution >= 4 is 66.8 Å². The maximum Gasteiger partial charge on any atom is 0.271 e. The third-order valence-corrected chi connectivity index (χ3v) is 10.8. The Morgan fingerprint density at radius 3 is 1.20 bits per heavy atom. The molecule has 5 rings (SSSR count). The number of carbonyl (C=O) groups is 4. The lowest BCUT2D eigenvalue weighted by atomic mass is 10.1. The lowest BCUT2D eigenvalue weighted by Gasteiger charge is -2.15. The summed E-state index contributed by atoms with van der Waals surface area (Å²) >= 11 is 0. The Morgan fingerprint density at radius 2 is 0.756 bits per heavy atom. The van der Waals surface area contributed by atoms with E-state index in [1.807, 2.05) is 19.1 Å². The molecule has 1 aliphatic heterocycles. The molecule has 0 bridgehead atoms. The molecule has 0 spiro atoms. The molecule has 1 aliphatic rings. The first-order valence-corrected chi connectivity index (χ1v) is 16.5. The van der Waals surface area contributed by atoms with Crippen LogP contribution in [0.5, 0.6) is 0 Å². The van der Waals surface area contributed by atoms with Crippen LogP contribution in [-0.4, -0.2) is 23.6 Å². The second kappa shape index (κ2) is 13.2. The van der Waals surface area contributed by atoms with Crippen molar-refractivity contribution in [3.63, 3.8) is 0 Å². The lowest BCUT2D eigenvalue weighted by Crippen LogP contribution is -2.42. The molecule has 0 atom stereocenters. The van der Waals surface area contributed by atoms with E-state index in [9.17, 15) is 19.2 Å². The summed E-state index contributed by atoms with van der Waals surface area (Å²) in [7, 11) is 5.21. The van der Waals surface area contributed by atoms with Crippen LogP contribution in [0.15, 0.2) is 111 Å². The van der Waals surface area contributed by atoms with E-state index in [1.165, 1.54) is 43.2 Å². The first kappa shape index (κ1) is 28.7. The predicted octanol–water partition coefficient (Wildman–Crippen LogP) is 6.06. The SMILES string of the molecule is Cc1cccc2c1C(=O)NNC(=O)c1ccccc1SSc1ccccc1C(=O)NNC(=O)c1ccccc1SS2. The Labute approximate surface area is 251 Å². The first-order chi connectivity index (χ1) is 19.9. The van der Waals surface area contributed by atoms with Gasteiger partial charge >= 0.3 is 0 Å². The zero-order valence-electron chi connectivity index (χ0n) is 21.4. The summed E-state index contributed by atoms with van der Waals surface area (Å²) in [5.41, 5.74) is 12.3. The molecule has 12 heteroatoms. The van der Waals surface area contributed by atoms with Gasteiger partial charge in [0.2, 0.25) is 0 Å². The molecule has 0 saturated carbocycles. The molecule has 4 amide bonds. The summed E-state index contributed by atoms with van der Waals surface area (Å²) in [4.78, 5) is 55.1. The van der Waals surface area contributed by atoms with Gasteiger partial charge in [0, 0.05) is 19.6 Å². The Hall–Kier alpha value is -3.84. The second-order valence-electron chi connectivity index (χ2n) is 8.59. The molecule has 8 nitrogen and oxygen atoms in total. The topological polar surface area (TPSA) is 116 Å². The van der Waals surface area contributed by atoms with E-state index in [0.29, 0.717) is 41.8 Å². The second-order valence-corrected chi connectivity index (χ2v) is 13.0. The van der Waals surface area contributed by atoms with E-state index in [0.717, 1.165) is 5.56 Å². The number of aryl methyl sites for hydroxylation is 1. The number of hydrogen-bond donors (Lipinski definition) is 4. The number of amides is 4. The molecule has 0 unspecified atom stereocenters. The summed E-state index contributed by atoms with van der Waals surface area (Å²) in [6.45, 7) is 1.81. The first-order valence-electron chi connectivity index (χ1n) is 12.2. The van der Waals surface area contributed by atoms with Crippen molar-refractivity contribution in [2.75, 3.05) is 0 Å². The Morgan fingerprint density at radius 1 is 0.415 bits per heavy atom. The van der Waals surface area contributed by atoms with Crippen LogP contribution in [0.4, 0.5) is 0 Å². The zero-order valence-corrected chi connectivity index (χ0v) is 24.7. The quantitative estimate of drug-likeness (QED) is 0.176. The fraction of sp³-hybridized carbons (Fsp3) is 0.0345. The normalized spacial score (nSPS) is 14.6. The fourth-order valence-corrected chi connectivity index (χ4v) is 8.64. The average Bonchev–Trinajstić information content (AvgIpc) is 3.00. The van der Waals surface area contributed by atoms with E-state index in [4.69, 9.17) is 0 Å². The summed E-state index contributed by atoms with van der Waals surface area (Å²) < 4.78 is 0. The average molecular weight is 619 g/mol. The van der Waals surface area contributed by atoms with Crippen LogP contribution in [0.25, 0.3) is 0 Å². The van der Waals surface area contributed by atoms with E-state index >= 15 is 0 Å². The maximum absolute atomic E-state index is 13.3. The molecule has 0 aromatic heterocycles. The minimum Gasteiger partial charge on any atom is -0.267 e. The van der Waals surface area contributed by atoms with Crippen LogP contribution >= 0.6 is 43.2 Å². The van der Waals surface area contributed by atoms with Crippen LogP contribution in [0.2, 0.25) is 0 Å². The smallest absolute Gasteiger partial charge is 0.267 e. The molecule has 1 heterocycles. The monoisotopic (exact) mass is 618 g/mol. The highest BCUT2D eigenvalue weighted by atomic mass is 33.1. The minimum atomic E-state index is -0.478. The van der Waals surface area contributed by atoms with E-state index in [2.05, 4.69) is 21.7 Å². The van der Waals surface area contributed by atoms with Crippen LogP contribution in [-0.2, 0) is 0 Å². The molecule has 0 saturated heterocycles. The lowest BCUT2D eigenvalue weighted by molar-refractivity contribution is 0.0843. The Bertz CT molecular complexity index is 1660. The molecule has 4 aromatic carbocycles. The van der Waals surface area contributed by atoms with Crippen molar-refractivity contribution in [1.82, 2.24) is 21.7 Å². The summed E-state index contributed by atoms with van der Waals surface area (Å²) in [5, 5.41) is 0. The fourth-order valence-electron chi connectivity index (χ4n) is 3.85. The van der Waals surface area contributed by atoms with Gasteiger partial charge in [-0.25, -0.2) is 0 Å². The van der Waals surface area contributed by atoms with Gasteiger partial charge in [0.05, 0.1) is 22.3 Å². The minimum absolute atomic E-state index is 0.360. The highest BCUT2D eigenvalue weighted by Crippen LogP contribution is 2.42. The number of carbonyl (C=O) groups excluding carboxylic acids is 4. The molecule has 0 aliphatic carbocycles. The van der Waals surface area contributed by atoms with Gasteiger partial charge in [-0.1, -0.05) is 91.7 Å². The summed E-state index contributed by atoms with van der Waals surface area (Å²) in [6.07, 6.45) is 0. The van der Waals surface area contributed by atoms with Gasteiger partial charge in [-0.2, -0.15) is 0 Å². The number of rotatable bonds is 0. The number of hydrogen-bond acceptors (Lipinski definition) is 8. The number of hydrazine groups is 2. The number of nitrogens with one attached hydrogen (secondary N) is 4. The molecular weight excluding hydrogens is 597 g/mol. The third kappa shape index (κ3) is 6.73. The molecular formula is C29H22N4O4S4. The summed E-state index contributed by atoms with van der Waals surface area (Å²) in [5.74, 6) is -1.89. The van der Waals surface area contributed by atoms with Crippen LogP contribution in [0.3, 0.4) is 0 Å². The van der Waals surface area contributed by atoms with Crippen molar-refractivity contribution in [3.05, 3.63) is 119 Å². The van der Waals surface area contributed by atoms with E-state index in [1.54, 1.807) is 78.9 Å². The van der Waals surface area contributed by atoms with Crippen LogP contribution < -0.4 is 21.7 Å². The summed E-state index contributed by atoms with van der Waals surface area (Å²) in [6, 6.07) is 26.4. The van der Waals surface area contributed by atoms with Crippen molar-refractivity contribution in [1.29, 1.82) is 0 Å². The molecule has 4 aromatic rings. The highest BCUT2D eigenvalue weighted by Gasteiger charge is 2.21. The maximum atomic E-state index is 13.3. The van der Waals surface area contributed by atoms with Crippen molar-refractivity contribution < 1.29 is 19.2 Å². The van der Waals surface area contributed by atoms with E-state index in [-0.39, 0.29) is 0 Å². The third-order valence-electron chi connectivity index (χ3n) is 5.88. The van der Waals surface area contributed by atoms with Gasteiger partial charge in [0.1, 0.15) is 0 Å². The van der Waals surface area contributed by atoms with Gasteiger partial charge in [-0.3, -0.25) is 40.9 Å². The standard InChI is InChI=1S/C29H22N4O4S4/c1-17-9-8-16-24-25(17)29(37)33-32-28(36)19-11-3-6-14-22(19)39-38-21-13-5-2-10-18(21)26(34)30-31-27(35)20-12-4-7-15-23(20)40-41-24/h2-16H,1H3,(H,30,34)(H,31,35)(H,32,36)(H,33,37). The molecule has 4 N–H and O–H groups in total.